The molecule has 0 saturated heterocycles. The van der Waals surface area contributed by atoms with E-state index in [1.54, 1.807) is 0 Å². The van der Waals surface area contributed by atoms with Crippen molar-refractivity contribution in [1.29, 1.82) is 0 Å². The zero-order chi connectivity index (χ0) is 16.5. The van der Waals surface area contributed by atoms with Crippen LogP contribution in [-0.2, 0) is 7.05 Å². The summed E-state index contributed by atoms with van der Waals surface area (Å²) in [5, 5.41) is 1.25. The number of rotatable bonds is 2. The second kappa shape index (κ2) is 5.89. The van der Waals surface area contributed by atoms with Crippen molar-refractivity contribution >= 4 is 10.9 Å². The molecule has 0 saturated carbocycles. The van der Waals surface area contributed by atoms with E-state index in [0.29, 0.717) is 0 Å². The second-order valence-corrected chi connectivity index (χ2v) is 6.07. The monoisotopic (exact) mass is 311 g/mol. The highest BCUT2D eigenvalue weighted by Gasteiger charge is 2.19. The molecular weight excluding hydrogens is 292 g/mol. The van der Waals surface area contributed by atoms with Crippen molar-refractivity contribution in [3.8, 4) is 22.4 Å². The number of pyridine rings is 2. The molecule has 0 amide bonds. The Kier molecular flexibility index (Phi) is 3.58. The van der Waals surface area contributed by atoms with Gasteiger partial charge in [-0.2, -0.15) is 4.57 Å². The standard InChI is InChI=1S/C22H19N2/c1-16-7-3-4-8-18(16)22-15-20(17-11-13-23-14-12-17)19-9-5-6-10-21(19)24(22)2/h3-15H,1-2H3/q+1. The van der Waals surface area contributed by atoms with Crippen LogP contribution in [0.5, 0.6) is 0 Å². The highest BCUT2D eigenvalue weighted by Crippen LogP contribution is 2.31. The van der Waals surface area contributed by atoms with E-state index in [2.05, 4.69) is 90.3 Å². The number of hydrogen-bond donors (Lipinski definition) is 0. The fourth-order valence-corrected chi connectivity index (χ4v) is 3.32. The van der Waals surface area contributed by atoms with Gasteiger partial charge in [0.05, 0.1) is 5.39 Å². The lowest BCUT2D eigenvalue weighted by Crippen LogP contribution is -2.32. The average Bonchev–Trinajstić information content (AvgIpc) is 2.64. The Balaban J connectivity index is 2.10. The number of aryl methyl sites for hydroxylation is 2. The van der Waals surface area contributed by atoms with Crippen LogP contribution in [0.3, 0.4) is 0 Å². The molecule has 0 fully saturated rings. The normalized spacial score (nSPS) is 10.9. The molecule has 0 unspecified atom stereocenters. The number of benzene rings is 2. The number of aromatic nitrogens is 2. The van der Waals surface area contributed by atoms with E-state index < -0.39 is 0 Å². The first-order valence-electron chi connectivity index (χ1n) is 8.14. The van der Waals surface area contributed by atoms with Gasteiger partial charge in [0, 0.05) is 35.7 Å². The Morgan fingerprint density at radius 1 is 0.792 bits per heavy atom. The average molecular weight is 311 g/mol. The van der Waals surface area contributed by atoms with Crippen LogP contribution in [0.1, 0.15) is 5.56 Å². The Labute approximate surface area is 142 Å². The van der Waals surface area contributed by atoms with Crippen LogP contribution in [0.25, 0.3) is 33.3 Å². The molecule has 4 aromatic rings. The van der Waals surface area contributed by atoms with Gasteiger partial charge in [-0.25, -0.2) is 0 Å². The number of para-hydroxylation sites is 1. The molecule has 0 bridgehead atoms. The largest absolute Gasteiger partial charge is 0.265 e. The molecular formula is C22H19N2+. The Hall–Kier alpha value is -3.00. The lowest BCUT2D eigenvalue weighted by atomic mass is 9.97. The highest BCUT2D eigenvalue weighted by molar-refractivity contribution is 5.94. The van der Waals surface area contributed by atoms with Crippen molar-refractivity contribution in [2.45, 2.75) is 6.92 Å². The van der Waals surface area contributed by atoms with E-state index in [9.17, 15) is 0 Å². The molecule has 0 aliphatic carbocycles. The SMILES string of the molecule is Cc1ccccc1-c1cc(-c2ccncc2)c2ccccc2[n+]1C. The molecule has 0 aliphatic heterocycles. The fraction of sp³-hybridized carbons (Fsp3) is 0.0909. The summed E-state index contributed by atoms with van der Waals surface area (Å²) in [6, 6.07) is 23.5. The van der Waals surface area contributed by atoms with Crippen molar-refractivity contribution in [1.82, 2.24) is 4.98 Å². The summed E-state index contributed by atoms with van der Waals surface area (Å²) >= 11 is 0. The minimum absolute atomic E-state index is 1.19. The lowest BCUT2D eigenvalue weighted by Gasteiger charge is -2.11. The maximum atomic E-state index is 4.16. The summed E-state index contributed by atoms with van der Waals surface area (Å²) in [5.74, 6) is 0. The molecule has 0 N–H and O–H groups in total. The zero-order valence-corrected chi connectivity index (χ0v) is 13.9. The number of hydrogen-bond acceptors (Lipinski definition) is 1. The maximum absolute atomic E-state index is 4.16. The quantitative estimate of drug-likeness (QED) is 0.490. The van der Waals surface area contributed by atoms with Gasteiger partial charge in [-0.05, 0) is 42.3 Å². The van der Waals surface area contributed by atoms with Gasteiger partial charge in [-0.3, -0.25) is 4.98 Å². The molecule has 0 radical (unpaired) electrons. The van der Waals surface area contributed by atoms with E-state index in [1.807, 2.05) is 12.4 Å². The van der Waals surface area contributed by atoms with Crippen LogP contribution in [0, 0.1) is 6.92 Å². The molecule has 2 aromatic heterocycles. The van der Waals surface area contributed by atoms with Crippen molar-refractivity contribution in [3.63, 3.8) is 0 Å². The molecule has 4 rings (SSSR count). The summed E-state index contributed by atoms with van der Waals surface area (Å²) in [5.41, 5.74) is 7.43. The van der Waals surface area contributed by atoms with Crippen LogP contribution in [0.15, 0.2) is 79.1 Å². The summed E-state index contributed by atoms with van der Waals surface area (Å²) in [6.45, 7) is 2.16. The summed E-state index contributed by atoms with van der Waals surface area (Å²) in [4.78, 5) is 4.16. The molecule has 2 aromatic carbocycles. The minimum atomic E-state index is 1.19. The Bertz CT molecular complexity index is 1020. The summed E-state index contributed by atoms with van der Waals surface area (Å²) in [7, 11) is 2.14. The van der Waals surface area contributed by atoms with Gasteiger partial charge in [0.25, 0.3) is 0 Å². The minimum Gasteiger partial charge on any atom is -0.265 e. The van der Waals surface area contributed by atoms with Gasteiger partial charge in [-0.1, -0.05) is 30.3 Å². The fourth-order valence-electron chi connectivity index (χ4n) is 3.32. The van der Waals surface area contributed by atoms with Gasteiger partial charge in [-0.15, -0.1) is 0 Å². The van der Waals surface area contributed by atoms with Crippen LogP contribution >= 0.6 is 0 Å². The van der Waals surface area contributed by atoms with E-state index >= 15 is 0 Å². The number of fused-ring (bicyclic) bond motifs is 1. The van der Waals surface area contributed by atoms with Crippen molar-refractivity contribution < 1.29 is 4.57 Å². The summed E-state index contributed by atoms with van der Waals surface area (Å²) in [6.07, 6.45) is 3.70. The van der Waals surface area contributed by atoms with Gasteiger partial charge in [0.1, 0.15) is 7.05 Å². The lowest BCUT2D eigenvalue weighted by molar-refractivity contribution is -0.633. The molecule has 2 heterocycles. The van der Waals surface area contributed by atoms with Crippen LogP contribution in [-0.4, -0.2) is 4.98 Å². The molecule has 116 valence electrons. The number of nitrogens with zero attached hydrogens (tertiary/aromatic N) is 2. The second-order valence-electron chi connectivity index (χ2n) is 6.07. The zero-order valence-electron chi connectivity index (χ0n) is 13.9. The third kappa shape index (κ3) is 2.37. The van der Waals surface area contributed by atoms with Crippen LogP contribution in [0.4, 0.5) is 0 Å². The van der Waals surface area contributed by atoms with Gasteiger partial charge < -0.3 is 0 Å². The first-order chi connectivity index (χ1) is 11.8. The van der Waals surface area contributed by atoms with Crippen molar-refractivity contribution in [2.75, 3.05) is 0 Å². The van der Waals surface area contributed by atoms with Crippen LogP contribution < -0.4 is 4.57 Å². The van der Waals surface area contributed by atoms with Crippen LogP contribution in [0.2, 0.25) is 0 Å². The molecule has 0 spiro atoms. The molecule has 0 aliphatic rings. The molecule has 2 nitrogen and oxygen atoms in total. The van der Waals surface area contributed by atoms with E-state index in [-0.39, 0.29) is 0 Å². The van der Waals surface area contributed by atoms with Crippen molar-refractivity contribution in [2.24, 2.45) is 7.05 Å². The first kappa shape index (κ1) is 14.6. The molecule has 24 heavy (non-hydrogen) atoms. The van der Waals surface area contributed by atoms with E-state index in [1.165, 1.54) is 38.9 Å². The Morgan fingerprint density at radius 3 is 2.29 bits per heavy atom. The summed E-state index contributed by atoms with van der Waals surface area (Å²) < 4.78 is 2.28. The molecule has 2 heteroatoms. The highest BCUT2D eigenvalue weighted by atomic mass is 14.9. The van der Waals surface area contributed by atoms with E-state index in [4.69, 9.17) is 0 Å². The van der Waals surface area contributed by atoms with E-state index in [0.717, 1.165) is 0 Å². The third-order valence-corrected chi connectivity index (χ3v) is 4.61. The predicted octanol–water partition coefficient (Wildman–Crippen LogP) is 4.70. The Morgan fingerprint density at radius 2 is 1.50 bits per heavy atom. The third-order valence-electron chi connectivity index (χ3n) is 4.61. The van der Waals surface area contributed by atoms with Crippen molar-refractivity contribution in [3.05, 3.63) is 84.7 Å². The first-order valence-corrected chi connectivity index (χ1v) is 8.14. The predicted molar refractivity (Wildman–Crippen MR) is 98.5 cm³/mol. The van der Waals surface area contributed by atoms with Gasteiger partial charge in [0.2, 0.25) is 11.2 Å². The van der Waals surface area contributed by atoms with Gasteiger partial charge in [0.15, 0.2) is 0 Å². The topological polar surface area (TPSA) is 16.8 Å². The maximum Gasteiger partial charge on any atom is 0.213 e. The van der Waals surface area contributed by atoms with Gasteiger partial charge >= 0.3 is 0 Å². The smallest absolute Gasteiger partial charge is 0.213 e. The molecule has 0 atom stereocenters.